The Bertz CT molecular complexity index is 2190. The van der Waals surface area contributed by atoms with E-state index in [0.29, 0.717) is 0 Å². The third kappa shape index (κ3) is 3.84. The first-order valence-corrected chi connectivity index (χ1v) is 16.4. The van der Waals surface area contributed by atoms with Gasteiger partial charge >= 0.3 is 0 Å². The number of hydrogen-bond acceptors (Lipinski definition) is 3. The lowest BCUT2D eigenvalue weighted by Gasteiger charge is -2.40. The van der Waals surface area contributed by atoms with E-state index in [0.717, 1.165) is 46.6 Å². The van der Waals surface area contributed by atoms with Crippen molar-refractivity contribution < 1.29 is 9.15 Å². The van der Waals surface area contributed by atoms with E-state index in [2.05, 4.69) is 131 Å². The summed E-state index contributed by atoms with van der Waals surface area (Å²) in [6.07, 6.45) is 3.41. The molecular formula is C41H38BNO2. The molecule has 222 valence electrons. The Labute approximate surface area is 265 Å². The van der Waals surface area contributed by atoms with Gasteiger partial charge in [-0.05, 0) is 99.1 Å². The van der Waals surface area contributed by atoms with Crippen molar-refractivity contribution in [1.82, 2.24) is 0 Å². The summed E-state index contributed by atoms with van der Waals surface area (Å²) < 4.78 is 13.7. The molecule has 45 heavy (non-hydrogen) atoms. The Hall–Kier alpha value is -4.44. The Morgan fingerprint density at radius 2 is 1.40 bits per heavy atom. The summed E-state index contributed by atoms with van der Waals surface area (Å²) in [5, 5.41) is 2.33. The molecule has 0 fully saturated rings. The average molecular weight is 588 g/mol. The summed E-state index contributed by atoms with van der Waals surface area (Å²) in [5.41, 5.74) is 14.7. The van der Waals surface area contributed by atoms with Crippen LogP contribution in [0.2, 0.25) is 0 Å². The van der Waals surface area contributed by atoms with Gasteiger partial charge in [0.25, 0.3) is 6.71 Å². The molecule has 6 aromatic rings. The molecule has 3 aliphatic rings. The number of hydrogen-bond donors (Lipinski definition) is 0. The normalized spacial score (nSPS) is 15.2. The molecule has 4 heteroatoms. The van der Waals surface area contributed by atoms with Crippen LogP contribution in [0.25, 0.3) is 21.9 Å². The maximum atomic E-state index is 6.93. The van der Waals surface area contributed by atoms with Crippen molar-refractivity contribution in [3.05, 3.63) is 107 Å². The first-order valence-electron chi connectivity index (χ1n) is 16.4. The summed E-state index contributed by atoms with van der Waals surface area (Å²) in [4.78, 5) is 2.43. The molecule has 2 aliphatic heterocycles. The Morgan fingerprint density at radius 1 is 0.667 bits per heavy atom. The van der Waals surface area contributed by atoms with E-state index >= 15 is 0 Å². The molecule has 9 rings (SSSR count). The number of ether oxygens (including phenoxy) is 1. The minimum absolute atomic E-state index is 0.0189. The predicted octanol–water partition coefficient (Wildman–Crippen LogP) is 9.07. The predicted molar refractivity (Wildman–Crippen MR) is 189 cm³/mol. The van der Waals surface area contributed by atoms with Gasteiger partial charge in [0.1, 0.15) is 11.3 Å². The molecule has 0 saturated carbocycles. The molecule has 0 N–H and O–H groups in total. The fourth-order valence-corrected chi connectivity index (χ4v) is 7.96. The second kappa shape index (κ2) is 9.07. The van der Waals surface area contributed by atoms with E-state index in [-0.39, 0.29) is 17.5 Å². The molecule has 0 saturated heterocycles. The third-order valence-corrected chi connectivity index (χ3v) is 10.4. The molecule has 0 unspecified atom stereocenters. The zero-order valence-electron chi connectivity index (χ0n) is 27.0. The van der Waals surface area contributed by atoms with Crippen LogP contribution in [0.4, 0.5) is 17.1 Å². The number of furan rings is 1. The Kier molecular flexibility index (Phi) is 5.42. The van der Waals surface area contributed by atoms with Gasteiger partial charge in [-0.2, -0.15) is 0 Å². The molecule has 1 aromatic heterocycles. The van der Waals surface area contributed by atoms with E-state index in [1.54, 1.807) is 0 Å². The minimum Gasteiger partial charge on any atom is -0.454 e. The van der Waals surface area contributed by atoms with Crippen LogP contribution >= 0.6 is 0 Å². The average Bonchev–Trinajstić information content (AvgIpc) is 3.65. The standard InChI is InChI=1S/C41H38BNO2/c1-40(2,3)25-14-17-27(18-15-25)43-33-22-16-26(41(4,5)6)23-32(33)42-31-21-20-30-29-19-13-24-9-7-10-28(24)37(29)45-38(30)39(31)44-35-12-8-11-34(43)36(35)42/h8,11-23H,7,9-10H2,1-6H3. The van der Waals surface area contributed by atoms with Gasteiger partial charge < -0.3 is 14.1 Å². The van der Waals surface area contributed by atoms with Gasteiger partial charge in [0.15, 0.2) is 11.3 Å². The molecule has 1 aliphatic carbocycles. The van der Waals surface area contributed by atoms with Gasteiger partial charge in [0.2, 0.25) is 0 Å². The molecule has 0 spiro atoms. The summed E-state index contributed by atoms with van der Waals surface area (Å²) in [7, 11) is 0. The van der Waals surface area contributed by atoms with Crippen molar-refractivity contribution in [2.75, 3.05) is 4.90 Å². The number of nitrogens with zero attached hydrogens (tertiary/aromatic N) is 1. The van der Waals surface area contributed by atoms with Crippen LogP contribution < -0.4 is 26.0 Å². The van der Waals surface area contributed by atoms with Crippen LogP contribution in [0.15, 0.2) is 89.3 Å². The second-order valence-electron chi connectivity index (χ2n) is 15.3. The Balaban J connectivity index is 1.30. The maximum absolute atomic E-state index is 6.93. The van der Waals surface area contributed by atoms with Crippen molar-refractivity contribution in [3.8, 4) is 11.5 Å². The van der Waals surface area contributed by atoms with E-state index in [9.17, 15) is 0 Å². The molecule has 0 bridgehead atoms. The van der Waals surface area contributed by atoms with Crippen molar-refractivity contribution in [3.63, 3.8) is 0 Å². The molecule has 3 nitrogen and oxygen atoms in total. The van der Waals surface area contributed by atoms with Crippen molar-refractivity contribution >= 4 is 62.1 Å². The van der Waals surface area contributed by atoms with Crippen LogP contribution in [0, 0.1) is 0 Å². The number of rotatable bonds is 1. The highest BCUT2D eigenvalue weighted by Crippen LogP contribution is 2.45. The van der Waals surface area contributed by atoms with Crippen LogP contribution in [-0.2, 0) is 23.7 Å². The topological polar surface area (TPSA) is 25.6 Å². The zero-order chi connectivity index (χ0) is 30.8. The number of aryl methyl sites for hydroxylation is 2. The summed E-state index contributed by atoms with van der Waals surface area (Å²) >= 11 is 0. The van der Waals surface area contributed by atoms with Crippen LogP contribution in [0.3, 0.4) is 0 Å². The van der Waals surface area contributed by atoms with Gasteiger partial charge in [-0.1, -0.05) is 96.1 Å². The fourth-order valence-electron chi connectivity index (χ4n) is 7.96. The minimum atomic E-state index is 0.0189. The summed E-state index contributed by atoms with van der Waals surface area (Å²) in [6, 6.07) is 31.8. The van der Waals surface area contributed by atoms with Crippen LogP contribution in [0.5, 0.6) is 11.5 Å². The quantitative estimate of drug-likeness (QED) is 0.179. The van der Waals surface area contributed by atoms with Gasteiger partial charge in [-0.15, -0.1) is 0 Å². The first kappa shape index (κ1) is 26.9. The molecule has 5 aromatic carbocycles. The van der Waals surface area contributed by atoms with Crippen molar-refractivity contribution in [1.29, 1.82) is 0 Å². The first-order chi connectivity index (χ1) is 21.6. The van der Waals surface area contributed by atoms with Gasteiger partial charge in [0, 0.05) is 27.8 Å². The van der Waals surface area contributed by atoms with E-state index in [1.807, 2.05) is 0 Å². The van der Waals surface area contributed by atoms with E-state index in [4.69, 9.17) is 9.15 Å². The molecule has 0 atom stereocenters. The zero-order valence-corrected chi connectivity index (χ0v) is 27.0. The highest BCUT2D eigenvalue weighted by Gasteiger charge is 2.43. The summed E-state index contributed by atoms with van der Waals surface area (Å²) in [5.74, 6) is 1.77. The molecule has 0 amide bonds. The molecule has 3 heterocycles. The van der Waals surface area contributed by atoms with E-state index < -0.39 is 0 Å². The Morgan fingerprint density at radius 3 is 2.18 bits per heavy atom. The van der Waals surface area contributed by atoms with Crippen LogP contribution in [0.1, 0.15) is 70.2 Å². The number of benzene rings is 5. The smallest absolute Gasteiger partial charge is 0.256 e. The number of anilines is 3. The van der Waals surface area contributed by atoms with Crippen molar-refractivity contribution in [2.45, 2.75) is 71.6 Å². The second-order valence-corrected chi connectivity index (χ2v) is 15.3. The monoisotopic (exact) mass is 587 g/mol. The van der Waals surface area contributed by atoms with E-state index in [1.165, 1.54) is 61.8 Å². The molecular weight excluding hydrogens is 549 g/mol. The largest absolute Gasteiger partial charge is 0.454 e. The van der Waals surface area contributed by atoms with Gasteiger partial charge in [-0.3, -0.25) is 0 Å². The van der Waals surface area contributed by atoms with Crippen molar-refractivity contribution in [2.24, 2.45) is 0 Å². The number of fused-ring (bicyclic) bond motifs is 10. The lowest BCUT2D eigenvalue weighted by molar-refractivity contribution is 0.481. The third-order valence-electron chi connectivity index (χ3n) is 10.4. The van der Waals surface area contributed by atoms with Gasteiger partial charge in [-0.25, -0.2) is 0 Å². The lowest BCUT2D eigenvalue weighted by atomic mass is 9.34. The highest BCUT2D eigenvalue weighted by atomic mass is 16.5. The maximum Gasteiger partial charge on any atom is 0.256 e. The SMILES string of the molecule is CC(C)(C)c1ccc(N2c3ccc(C(C)(C)C)cc3B3c4ccc5c(oc6c7c(ccc65)CCC7)c4Oc4cccc2c43)cc1. The highest BCUT2D eigenvalue weighted by molar-refractivity contribution is 6.99. The van der Waals surface area contributed by atoms with Gasteiger partial charge in [0.05, 0.1) is 0 Å². The lowest BCUT2D eigenvalue weighted by Crippen LogP contribution is -2.59. The molecule has 0 radical (unpaired) electrons. The fraction of sp³-hybridized carbons (Fsp3) is 0.268. The summed E-state index contributed by atoms with van der Waals surface area (Å²) in [6.45, 7) is 13.7. The van der Waals surface area contributed by atoms with Crippen LogP contribution in [-0.4, -0.2) is 6.71 Å².